The summed E-state index contributed by atoms with van der Waals surface area (Å²) in [6, 6.07) is 0. The van der Waals surface area contributed by atoms with Gasteiger partial charge in [-0.2, -0.15) is 0 Å². The zero-order valence-electron chi connectivity index (χ0n) is 27.0. The Balaban J connectivity index is 4.38. The van der Waals surface area contributed by atoms with Gasteiger partial charge in [0.2, 0.25) is 0 Å². The first-order chi connectivity index (χ1) is 20.1. The number of allylic oxidation sites excluding steroid dienone is 9. The fourth-order valence-corrected chi connectivity index (χ4v) is 4.18. The minimum Gasteiger partial charge on any atom is -0.457 e. The molecule has 0 heterocycles. The molecule has 0 aromatic heterocycles. The van der Waals surface area contributed by atoms with Crippen molar-refractivity contribution in [3.8, 4) is 0 Å². The Morgan fingerprint density at radius 1 is 0.762 bits per heavy atom. The first-order valence-electron chi connectivity index (χ1n) is 15.5. The van der Waals surface area contributed by atoms with Gasteiger partial charge in [-0.3, -0.25) is 13.8 Å². The van der Waals surface area contributed by atoms with Crippen molar-refractivity contribution in [2.24, 2.45) is 0 Å². The van der Waals surface area contributed by atoms with Gasteiger partial charge >= 0.3 is 13.8 Å². The molecule has 2 atom stereocenters. The topological polar surface area (TPSA) is 91.3 Å². The third kappa shape index (κ3) is 29.7. The SMILES string of the molecule is CC/C=C\C/C=C\C/C=C\C/C=C\C/C=C\CCOCC(COP(=O)(O)OCC[N+](C)(C)C)OC(=O)CCCCCC. The maximum atomic E-state index is 12.3. The van der Waals surface area contributed by atoms with Gasteiger partial charge in [-0.25, -0.2) is 4.57 Å². The molecule has 1 N–H and O–H groups in total. The highest BCUT2D eigenvalue weighted by Crippen LogP contribution is 2.43. The van der Waals surface area contributed by atoms with Crippen LogP contribution in [0, 0.1) is 0 Å². The summed E-state index contributed by atoms with van der Waals surface area (Å²) in [5.41, 5.74) is 0. The number of phosphoric ester groups is 1. The van der Waals surface area contributed by atoms with Crippen molar-refractivity contribution in [2.45, 2.75) is 90.6 Å². The van der Waals surface area contributed by atoms with Crippen LogP contribution in [0.4, 0.5) is 0 Å². The molecule has 42 heavy (non-hydrogen) atoms. The van der Waals surface area contributed by atoms with Crippen molar-refractivity contribution < 1.29 is 37.3 Å². The number of hydrogen-bond donors (Lipinski definition) is 1. The lowest BCUT2D eigenvalue weighted by molar-refractivity contribution is -0.870. The lowest BCUT2D eigenvalue weighted by atomic mass is 10.1. The highest BCUT2D eigenvalue weighted by molar-refractivity contribution is 7.47. The lowest BCUT2D eigenvalue weighted by Gasteiger charge is -2.24. The van der Waals surface area contributed by atoms with Crippen LogP contribution in [0.3, 0.4) is 0 Å². The normalized spacial score (nSPS) is 15.1. The summed E-state index contributed by atoms with van der Waals surface area (Å²) >= 11 is 0. The molecule has 0 aliphatic carbocycles. The Morgan fingerprint density at radius 2 is 1.33 bits per heavy atom. The summed E-state index contributed by atoms with van der Waals surface area (Å²) in [5.74, 6) is -0.361. The second-order valence-electron chi connectivity index (χ2n) is 11.1. The van der Waals surface area contributed by atoms with Gasteiger partial charge in [0.1, 0.15) is 19.3 Å². The number of quaternary nitrogens is 1. The molecule has 2 unspecified atom stereocenters. The van der Waals surface area contributed by atoms with Crippen molar-refractivity contribution in [1.82, 2.24) is 0 Å². The zero-order valence-corrected chi connectivity index (χ0v) is 27.9. The Kier molecular flexibility index (Phi) is 25.7. The maximum Gasteiger partial charge on any atom is 0.472 e. The Bertz CT molecular complexity index is 859. The number of hydrogen-bond acceptors (Lipinski definition) is 6. The summed E-state index contributed by atoms with van der Waals surface area (Å²) in [5, 5.41) is 0. The largest absolute Gasteiger partial charge is 0.472 e. The van der Waals surface area contributed by atoms with Crippen molar-refractivity contribution in [3.63, 3.8) is 0 Å². The Labute approximate surface area is 256 Å². The lowest BCUT2D eigenvalue weighted by Crippen LogP contribution is -2.37. The van der Waals surface area contributed by atoms with Crippen LogP contribution in [0.1, 0.15) is 84.5 Å². The molecule has 0 spiro atoms. The van der Waals surface area contributed by atoms with Gasteiger partial charge in [0.05, 0.1) is 41.0 Å². The molecule has 0 radical (unpaired) electrons. The van der Waals surface area contributed by atoms with E-state index in [1.807, 2.05) is 27.2 Å². The number of unbranched alkanes of at least 4 members (excludes halogenated alkanes) is 3. The van der Waals surface area contributed by atoms with Crippen molar-refractivity contribution in [2.75, 3.05) is 54.1 Å². The smallest absolute Gasteiger partial charge is 0.457 e. The van der Waals surface area contributed by atoms with E-state index in [0.29, 0.717) is 30.5 Å². The molecule has 0 bridgehead atoms. The average Bonchev–Trinajstić information content (AvgIpc) is 2.92. The van der Waals surface area contributed by atoms with E-state index < -0.39 is 13.9 Å². The fraction of sp³-hybridized carbons (Fsp3) is 0.667. The minimum atomic E-state index is -4.27. The van der Waals surface area contributed by atoms with Crippen molar-refractivity contribution in [1.29, 1.82) is 0 Å². The Hall–Kier alpha value is -1.80. The molecule has 8 nitrogen and oxygen atoms in total. The van der Waals surface area contributed by atoms with E-state index in [9.17, 15) is 14.3 Å². The van der Waals surface area contributed by atoms with E-state index in [0.717, 1.165) is 57.8 Å². The van der Waals surface area contributed by atoms with E-state index in [2.05, 4.69) is 68.5 Å². The fourth-order valence-electron chi connectivity index (χ4n) is 3.44. The molecule has 9 heteroatoms. The molecule has 242 valence electrons. The highest BCUT2D eigenvalue weighted by atomic mass is 31.2. The van der Waals surface area contributed by atoms with Crippen LogP contribution in [0.5, 0.6) is 0 Å². The summed E-state index contributed by atoms with van der Waals surface area (Å²) in [6.07, 6.45) is 30.4. The summed E-state index contributed by atoms with van der Waals surface area (Å²) < 4.78 is 34.2. The van der Waals surface area contributed by atoms with Crippen molar-refractivity contribution in [3.05, 3.63) is 60.8 Å². The van der Waals surface area contributed by atoms with Crippen LogP contribution < -0.4 is 0 Å². The average molecular weight is 613 g/mol. The van der Waals surface area contributed by atoms with Crippen LogP contribution in [0.2, 0.25) is 0 Å². The molecule has 0 aliphatic rings. The van der Waals surface area contributed by atoms with Crippen LogP contribution >= 0.6 is 7.82 Å². The Morgan fingerprint density at radius 3 is 1.88 bits per heavy atom. The van der Waals surface area contributed by atoms with Crippen LogP contribution in [0.25, 0.3) is 0 Å². The van der Waals surface area contributed by atoms with Gasteiger partial charge in [0.15, 0.2) is 0 Å². The first kappa shape index (κ1) is 40.2. The van der Waals surface area contributed by atoms with Gasteiger partial charge in [0.25, 0.3) is 0 Å². The molecule has 0 aromatic carbocycles. The first-order valence-corrected chi connectivity index (χ1v) is 17.0. The van der Waals surface area contributed by atoms with E-state index in [4.69, 9.17) is 18.5 Å². The monoisotopic (exact) mass is 612 g/mol. The number of ether oxygens (including phenoxy) is 2. The standard InChI is InChI=1S/C33H58NO7P/c1-6-8-10-12-13-14-15-16-17-18-19-20-21-22-23-25-28-38-30-32(41-33(35)26-24-11-9-7-2)31-40-42(36,37)39-29-27-34(3,4)5/h8,10,13-14,16-17,19-20,22-23,32H,6-7,9,11-12,15,18,21,24-31H2,1-5H3/p+1/b10-8-,14-13-,17-16-,20-19-,23-22-. The predicted octanol–water partition coefficient (Wildman–Crippen LogP) is 7.87. The zero-order chi connectivity index (χ0) is 31.4. The van der Waals surface area contributed by atoms with Crippen LogP contribution in [-0.2, 0) is 27.9 Å². The third-order valence-corrected chi connectivity index (χ3v) is 6.85. The maximum absolute atomic E-state index is 12.3. The quantitative estimate of drug-likeness (QED) is 0.0332. The van der Waals surface area contributed by atoms with E-state index in [-0.39, 0.29) is 25.8 Å². The summed E-state index contributed by atoms with van der Waals surface area (Å²) in [4.78, 5) is 22.3. The van der Waals surface area contributed by atoms with Crippen LogP contribution in [0.15, 0.2) is 60.8 Å². The molecule has 0 saturated carbocycles. The molecule has 0 rings (SSSR count). The number of phosphoric acid groups is 1. The predicted molar refractivity (Wildman–Crippen MR) is 173 cm³/mol. The summed E-state index contributed by atoms with van der Waals surface area (Å²) in [6.45, 7) is 5.10. The number of likely N-dealkylation sites (N-methyl/N-ethyl adjacent to an activating group) is 1. The van der Waals surface area contributed by atoms with Gasteiger partial charge in [-0.15, -0.1) is 0 Å². The van der Waals surface area contributed by atoms with Gasteiger partial charge in [0, 0.05) is 6.42 Å². The van der Waals surface area contributed by atoms with E-state index in [1.165, 1.54) is 0 Å². The number of nitrogens with zero attached hydrogens (tertiary/aromatic N) is 1. The number of rotatable bonds is 27. The van der Waals surface area contributed by atoms with Crippen molar-refractivity contribution >= 4 is 13.8 Å². The molecule has 0 saturated heterocycles. The van der Waals surface area contributed by atoms with Gasteiger partial charge in [-0.1, -0.05) is 93.9 Å². The third-order valence-electron chi connectivity index (χ3n) is 5.86. The van der Waals surface area contributed by atoms with E-state index >= 15 is 0 Å². The molecule has 0 amide bonds. The summed E-state index contributed by atoms with van der Waals surface area (Å²) in [7, 11) is 1.61. The number of carbonyl (C=O) groups excluding carboxylic acids is 1. The van der Waals surface area contributed by atoms with Crippen LogP contribution in [-0.4, -0.2) is 75.6 Å². The number of carbonyl (C=O) groups is 1. The van der Waals surface area contributed by atoms with E-state index in [1.54, 1.807) is 0 Å². The highest BCUT2D eigenvalue weighted by Gasteiger charge is 2.26. The number of esters is 1. The second-order valence-corrected chi connectivity index (χ2v) is 12.6. The molecule has 0 aromatic rings. The molecular formula is C33H59NO7P+. The molecular weight excluding hydrogens is 553 g/mol. The van der Waals surface area contributed by atoms with Gasteiger partial charge < -0.3 is 18.9 Å². The molecule has 0 aliphatic heterocycles. The minimum absolute atomic E-state index is 0.0723. The molecule has 0 fully saturated rings. The second kappa shape index (κ2) is 26.8. The van der Waals surface area contributed by atoms with Gasteiger partial charge in [-0.05, 0) is 44.9 Å².